The predicted octanol–water partition coefficient (Wildman–Crippen LogP) is 13.4. The average molecular weight is 743 g/mol. The van der Waals surface area contributed by atoms with Crippen molar-refractivity contribution in [3.05, 3.63) is 182 Å². The van der Waals surface area contributed by atoms with Crippen molar-refractivity contribution in [3.8, 4) is 51.0 Å². The molecular weight excluding hydrogens is 701 g/mol. The van der Waals surface area contributed by atoms with Gasteiger partial charge in [0.1, 0.15) is 16.7 Å². The van der Waals surface area contributed by atoms with Crippen molar-refractivity contribution in [3.63, 3.8) is 0 Å². The first-order valence-electron chi connectivity index (χ1n) is 24.0. The van der Waals surface area contributed by atoms with E-state index in [2.05, 4.69) is 0 Å². The molecule has 0 amide bonds. The molecule has 0 N–H and O–H groups in total. The van der Waals surface area contributed by atoms with Crippen molar-refractivity contribution < 1.29 is 25.3 Å². The minimum Gasteiger partial charge on any atom is -0.456 e. The fourth-order valence-electron chi connectivity index (χ4n) is 7.59. The molecule has 0 aliphatic carbocycles. The van der Waals surface area contributed by atoms with Crippen LogP contribution >= 0.6 is 0 Å². The molecule has 266 valence electrons. The second-order valence-corrected chi connectivity index (χ2v) is 13.4. The minimum absolute atomic E-state index is 0.0105. The van der Waals surface area contributed by atoms with Crippen LogP contribution in [0, 0.1) is 0 Å². The van der Waals surface area contributed by atoms with E-state index in [1.807, 2.05) is 84.9 Å². The molecule has 0 saturated carbocycles. The second-order valence-electron chi connectivity index (χ2n) is 13.4. The van der Waals surface area contributed by atoms with Gasteiger partial charge in [-0.15, -0.1) is 0 Å². The van der Waals surface area contributed by atoms with E-state index in [-0.39, 0.29) is 84.6 Å². The number of nitrogens with zero attached hydrogens (tertiary/aromatic N) is 4. The van der Waals surface area contributed by atoms with Crippen LogP contribution in [0.3, 0.4) is 0 Å². The Hall–Kier alpha value is -7.83. The van der Waals surface area contributed by atoms with Crippen LogP contribution in [0.15, 0.2) is 191 Å². The van der Waals surface area contributed by atoms with Crippen LogP contribution in [0.5, 0.6) is 0 Å². The lowest BCUT2D eigenvalue weighted by molar-refractivity contribution is 0.666. The summed E-state index contributed by atoms with van der Waals surface area (Å²) in [6.07, 6.45) is 0. The Labute approximate surface area is 342 Å². The van der Waals surface area contributed by atoms with E-state index < -0.39 is 60.4 Å². The zero-order chi connectivity index (χ0) is 47.9. The van der Waals surface area contributed by atoms with Crippen molar-refractivity contribution in [2.24, 2.45) is 0 Å². The van der Waals surface area contributed by atoms with E-state index in [4.69, 9.17) is 34.8 Å². The average Bonchev–Trinajstić information content (AvgIpc) is 4.06. The molecule has 0 aliphatic rings. The zero-order valence-electron chi connectivity index (χ0n) is 41.5. The van der Waals surface area contributed by atoms with Gasteiger partial charge in [0.2, 0.25) is 0 Å². The highest BCUT2D eigenvalue weighted by atomic mass is 16.3. The zero-order valence-corrected chi connectivity index (χ0v) is 29.5. The summed E-state index contributed by atoms with van der Waals surface area (Å²) in [7, 11) is 0. The van der Waals surface area contributed by atoms with Gasteiger partial charge in [0.05, 0.1) is 33.2 Å². The molecule has 0 aliphatic heterocycles. The topological polar surface area (TPSA) is 69.9 Å². The van der Waals surface area contributed by atoms with Crippen LogP contribution in [0.2, 0.25) is 0 Å². The summed E-state index contributed by atoms with van der Waals surface area (Å²) in [5.41, 5.74) is 3.22. The van der Waals surface area contributed by atoms with E-state index in [0.29, 0.717) is 27.7 Å². The summed E-state index contributed by atoms with van der Waals surface area (Å²) in [6.45, 7) is 0. The molecule has 0 bridgehead atoms. The lowest BCUT2D eigenvalue weighted by atomic mass is 10.0. The van der Waals surface area contributed by atoms with Crippen LogP contribution in [0.25, 0.3) is 117 Å². The first-order chi connectivity index (χ1) is 33.2. The van der Waals surface area contributed by atoms with Gasteiger partial charge >= 0.3 is 0 Å². The summed E-state index contributed by atoms with van der Waals surface area (Å²) < 4.78 is 123. The van der Waals surface area contributed by atoms with Gasteiger partial charge in [-0.1, -0.05) is 133 Å². The third-order valence-corrected chi connectivity index (χ3v) is 10.2. The maximum Gasteiger partial charge on any atom is 0.164 e. The number of benzene rings is 8. The molecule has 0 fully saturated rings. The van der Waals surface area contributed by atoms with E-state index in [1.54, 1.807) is 12.1 Å². The quantitative estimate of drug-likeness (QED) is 0.176. The van der Waals surface area contributed by atoms with Gasteiger partial charge in [-0.05, 0) is 59.6 Å². The normalized spacial score (nSPS) is 14.8. The fraction of sp³-hybridized carbons (Fsp3) is 0. The number of hydrogen-bond acceptors (Lipinski definition) is 5. The maximum atomic E-state index is 9.73. The van der Waals surface area contributed by atoms with Crippen molar-refractivity contribution in [2.75, 3.05) is 0 Å². The molecule has 6 heteroatoms. The standard InChI is InChI=1S/C51H30N4O2/c1-3-13-31(14-4-1)33-25-28-39-46(29-33)56-44-24-12-20-40(47(39)44)51-53-49(32-15-5-2-6-16-32)52-50(54-51)34-26-27-37-38-19-11-23-43(48(38)57-45(37)30-34)55-41-21-9-7-17-35(41)36-18-8-10-22-42(36)55/h1-30H/i7D,8D,9D,11D,17D,18D,19D,21D,23D,26D,27D,30D. The maximum absolute atomic E-state index is 9.73. The number of hydrogen-bond donors (Lipinski definition) is 0. The number of aromatic nitrogens is 4. The smallest absolute Gasteiger partial charge is 0.164 e. The third-order valence-electron chi connectivity index (χ3n) is 10.2. The van der Waals surface area contributed by atoms with Gasteiger partial charge in [0.15, 0.2) is 23.1 Å². The SMILES string of the molecule is [2H]c1ccc2c(c1[2H])c1c([2H])c([2H])c([2H])c([2H])c1n2-c1c([2H])c([2H])c([2H])c2c1oc1c([2H])c(-c3nc(-c4ccccc4)nc(-c4cccc5oc6cc(-c7ccccc7)ccc6c45)n3)c([2H])c([2H])c12. The van der Waals surface area contributed by atoms with Gasteiger partial charge < -0.3 is 13.4 Å². The lowest BCUT2D eigenvalue weighted by Crippen LogP contribution is -2.00. The van der Waals surface area contributed by atoms with Crippen LogP contribution in [0.4, 0.5) is 0 Å². The van der Waals surface area contributed by atoms with Crippen LogP contribution < -0.4 is 0 Å². The molecule has 0 radical (unpaired) electrons. The molecule has 8 aromatic carbocycles. The van der Waals surface area contributed by atoms with Gasteiger partial charge in [0.25, 0.3) is 0 Å². The molecule has 0 unspecified atom stereocenters. The van der Waals surface area contributed by atoms with Gasteiger partial charge in [-0.25, -0.2) is 15.0 Å². The van der Waals surface area contributed by atoms with Crippen molar-refractivity contribution in [2.45, 2.75) is 0 Å². The molecule has 57 heavy (non-hydrogen) atoms. The van der Waals surface area contributed by atoms with Crippen LogP contribution in [0.1, 0.15) is 16.4 Å². The molecule has 0 atom stereocenters. The Bertz CT molecular complexity index is 4230. The van der Waals surface area contributed by atoms with Gasteiger partial charge in [-0.3, -0.25) is 0 Å². The van der Waals surface area contributed by atoms with Crippen molar-refractivity contribution in [1.29, 1.82) is 0 Å². The van der Waals surface area contributed by atoms with Crippen molar-refractivity contribution >= 4 is 65.7 Å². The monoisotopic (exact) mass is 742 g/mol. The molecule has 4 aromatic heterocycles. The molecule has 12 aromatic rings. The molecule has 0 spiro atoms. The predicted molar refractivity (Wildman–Crippen MR) is 230 cm³/mol. The first kappa shape index (κ1) is 21.9. The van der Waals surface area contributed by atoms with Gasteiger partial charge in [0, 0.05) is 49.0 Å². The van der Waals surface area contributed by atoms with Gasteiger partial charge in [-0.2, -0.15) is 0 Å². The lowest BCUT2D eigenvalue weighted by Gasteiger charge is -2.09. The summed E-state index contributed by atoms with van der Waals surface area (Å²) in [5, 5.41) is 1.04. The number of rotatable bonds is 5. The number of fused-ring (bicyclic) bond motifs is 9. The molecular formula is C51H30N4O2. The highest BCUT2D eigenvalue weighted by Gasteiger charge is 2.21. The largest absolute Gasteiger partial charge is 0.456 e. The Morgan fingerprint density at radius 3 is 2.07 bits per heavy atom. The Kier molecular flexibility index (Phi) is 4.74. The van der Waals surface area contributed by atoms with Crippen LogP contribution in [-0.4, -0.2) is 19.5 Å². The second kappa shape index (κ2) is 12.3. The Balaban J connectivity index is 1.14. The van der Waals surface area contributed by atoms with E-state index >= 15 is 0 Å². The highest BCUT2D eigenvalue weighted by Crippen LogP contribution is 2.41. The van der Waals surface area contributed by atoms with Crippen molar-refractivity contribution in [1.82, 2.24) is 19.5 Å². The molecule has 0 saturated heterocycles. The summed E-state index contributed by atoms with van der Waals surface area (Å²) in [4.78, 5) is 14.6. The van der Waals surface area contributed by atoms with E-state index in [9.17, 15) is 5.48 Å². The van der Waals surface area contributed by atoms with Crippen LogP contribution in [-0.2, 0) is 0 Å². The summed E-state index contributed by atoms with van der Waals surface area (Å²) >= 11 is 0. The van der Waals surface area contributed by atoms with E-state index in [1.165, 1.54) is 16.7 Å². The Morgan fingerprint density at radius 1 is 0.439 bits per heavy atom. The number of furan rings is 2. The summed E-state index contributed by atoms with van der Waals surface area (Å²) in [5.74, 6) is 0.251. The minimum atomic E-state index is -0.632. The summed E-state index contributed by atoms with van der Waals surface area (Å²) in [6, 6.07) is 27.2. The van der Waals surface area contributed by atoms with E-state index in [0.717, 1.165) is 16.5 Å². The number of para-hydroxylation sites is 3. The Morgan fingerprint density at radius 2 is 1.19 bits per heavy atom. The third kappa shape index (κ3) is 4.94. The molecule has 6 nitrogen and oxygen atoms in total. The fourth-order valence-corrected chi connectivity index (χ4v) is 7.59. The molecule has 12 rings (SSSR count). The molecule has 4 heterocycles. The first-order valence-corrected chi connectivity index (χ1v) is 18.0. The highest BCUT2D eigenvalue weighted by molar-refractivity contribution is 6.14.